The van der Waals surface area contributed by atoms with Crippen LogP contribution in [0, 0.1) is 11.8 Å². The molecular weight excluding hydrogens is 432 g/mol. The molecule has 0 aromatic carbocycles. The summed E-state index contributed by atoms with van der Waals surface area (Å²) >= 11 is 0. The van der Waals surface area contributed by atoms with Crippen molar-refractivity contribution in [1.29, 1.82) is 0 Å². The predicted molar refractivity (Wildman–Crippen MR) is 144 cm³/mol. The highest BCUT2D eigenvalue weighted by atomic mass is 15.3. The summed E-state index contributed by atoms with van der Waals surface area (Å²) in [6.45, 7) is 16.2. The molecule has 0 amide bonds. The third-order valence-corrected chi connectivity index (χ3v) is 6.12. The van der Waals surface area contributed by atoms with E-state index in [9.17, 15) is 0 Å². The second-order valence-electron chi connectivity index (χ2n) is 10.3. The molecule has 0 unspecified atom stereocenters. The number of piperazine rings is 1. The Hall–Kier alpha value is -3.27. The van der Waals surface area contributed by atoms with Crippen molar-refractivity contribution in [1.82, 2.24) is 24.8 Å². The summed E-state index contributed by atoms with van der Waals surface area (Å²) in [7, 11) is 0. The van der Waals surface area contributed by atoms with E-state index < -0.39 is 0 Å². The molecule has 0 aliphatic carbocycles. The van der Waals surface area contributed by atoms with Crippen LogP contribution in [0.4, 0.5) is 5.82 Å². The molecule has 0 bridgehead atoms. The highest BCUT2D eigenvalue weighted by Crippen LogP contribution is 2.27. The molecule has 1 fully saturated rings. The van der Waals surface area contributed by atoms with Crippen molar-refractivity contribution in [2.45, 2.75) is 46.2 Å². The third-order valence-electron chi connectivity index (χ3n) is 6.12. The van der Waals surface area contributed by atoms with Gasteiger partial charge in [-0.15, -0.1) is 0 Å². The van der Waals surface area contributed by atoms with Gasteiger partial charge >= 0.3 is 0 Å². The fraction of sp³-hybridized carbons (Fsp3) is 0.414. The van der Waals surface area contributed by atoms with Crippen molar-refractivity contribution >= 4 is 5.82 Å². The average molecular weight is 469 g/mol. The van der Waals surface area contributed by atoms with Crippen LogP contribution in [0.1, 0.15) is 40.2 Å². The number of nitrogens with one attached hydrogen (secondary N) is 1. The molecule has 35 heavy (non-hydrogen) atoms. The molecule has 3 aromatic heterocycles. The van der Waals surface area contributed by atoms with E-state index >= 15 is 0 Å². The highest BCUT2D eigenvalue weighted by molar-refractivity contribution is 5.73. The lowest BCUT2D eigenvalue weighted by Crippen LogP contribution is -2.53. The highest BCUT2D eigenvalue weighted by Gasteiger charge is 2.25. The van der Waals surface area contributed by atoms with Crippen LogP contribution in [-0.2, 0) is 0 Å². The Morgan fingerprint density at radius 1 is 0.971 bits per heavy atom. The first-order valence-corrected chi connectivity index (χ1v) is 12.4. The number of anilines is 1. The fourth-order valence-corrected chi connectivity index (χ4v) is 4.21. The molecule has 0 atom stereocenters. The second kappa shape index (κ2) is 11.0. The zero-order valence-electron chi connectivity index (χ0n) is 21.5. The van der Waals surface area contributed by atoms with Crippen LogP contribution >= 0.6 is 0 Å². The molecule has 1 N–H and O–H groups in total. The first-order valence-electron chi connectivity index (χ1n) is 12.4. The Balaban J connectivity index is 1.51. The van der Waals surface area contributed by atoms with E-state index in [1.165, 1.54) is 0 Å². The van der Waals surface area contributed by atoms with Gasteiger partial charge < -0.3 is 5.32 Å². The van der Waals surface area contributed by atoms with Gasteiger partial charge in [0.05, 0.1) is 17.9 Å². The van der Waals surface area contributed by atoms with Crippen LogP contribution in [-0.4, -0.2) is 69.1 Å². The van der Waals surface area contributed by atoms with E-state index in [4.69, 9.17) is 4.98 Å². The minimum absolute atomic E-state index is 0.234. The summed E-state index contributed by atoms with van der Waals surface area (Å²) in [6, 6.07) is 12.4. The van der Waals surface area contributed by atoms with E-state index in [2.05, 4.69) is 89.7 Å². The lowest BCUT2D eigenvalue weighted by molar-refractivity contribution is 0.0683. The van der Waals surface area contributed by atoms with Crippen LogP contribution in [0.25, 0.3) is 22.5 Å². The van der Waals surface area contributed by atoms with Gasteiger partial charge in [-0.1, -0.05) is 17.9 Å². The zero-order chi connectivity index (χ0) is 24.8. The van der Waals surface area contributed by atoms with Crippen LogP contribution in [0.2, 0.25) is 0 Å². The maximum atomic E-state index is 4.78. The number of rotatable bonds is 5. The summed E-state index contributed by atoms with van der Waals surface area (Å²) in [6.07, 6.45) is 5.51. The van der Waals surface area contributed by atoms with Crippen molar-refractivity contribution in [2.75, 3.05) is 38.0 Å². The first-order chi connectivity index (χ1) is 16.8. The van der Waals surface area contributed by atoms with Gasteiger partial charge in [0, 0.05) is 67.5 Å². The first kappa shape index (κ1) is 24.8. The molecule has 1 aliphatic rings. The van der Waals surface area contributed by atoms with E-state index in [1.807, 2.05) is 30.6 Å². The Bertz CT molecular complexity index is 1180. The number of nitrogens with zero attached hydrogens (tertiary/aromatic N) is 5. The average Bonchev–Trinajstić information content (AvgIpc) is 2.84. The van der Waals surface area contributed by atoms with Gasteiger partial charge in [-0.25, -0.2) is 4.98 Å². The summed E-state index contributed by atoms with van der Waals surface area (Å²) < 4.78 is 0. The minimum atomic E-state index is 0.234. The molecule has 6 nitrogen and oxygen atoms in total. The second-order valence-corrected chi connectivity index (χ2v) is 10.3. The predicted octanol–water partition coefficient (Wildman–Crippen LogP) is 4.79. The maximum absolute atomic E-state index is 4.78. The molecule has 0 saturated carbocycles. The van der Waals surface area contributed by atoms with Crippen molar-refractivity contribution in [2.24, 2.45) is 0 Å². The van der Waals surface area contributed by atoms with Crippen molar-refractivity contribution < 1.29 is 0 Å². The van der Waals surface area contributed by atoms with Gasteiger partial charge in [0.15, 0.2) is 0 Å². The number of hydrogen-bond acceptors (Lipinski definition) is 6. The summed E-state index contributed by atoms with van der Waals surface area (Å²) in [5, 5.41) is 3.43. The van der Waals surface area contributed by atoms with Crippen molar-refractivity contribution in [3.8, 4) is 34.4 Å². The largest absolute Gasteiger partial charge is 0.368 e. The normalized spacial score (nSPS) is 15.0. The number of pyridine rings is 3. The monoisotopic (exact) mass is 468 g/mol. The van der Waals surface area contributed by atoms with E-state index in [0.717, 1.165) is 66.6 Å². The van der Waals surface area contributed by atoms with Crippen LogP contribution in [0.15, 0.2) is 55.0 Å². The van der Waals surface area contributed by atoms with Crippen molar-refractivity contribution in [3.63, 3.8) is 0 Å². The van der Waals surface area contributed by atoms with Crippen LogP contribution in [0.5, 0.6) is 0 Å². The van der Waals surface area contributed by atoms with E-state index in [-0.39, 0.29) is 11.6 Å². The SMILES string of the molecule is CC(C)Nc1cc(-c2cncc(C#CCN3CCN(C(C)(C)C)CC3)c2)cc(-c2ccccn2)n1. The van der Waals surface area contributed by atoms with Gasteiger partial charge in [-0.05, 0) is 70.5 Å². The number of hydrogen-bond donors (Lipinski definition) is 1. The van der Waals surface area contributed by atoms with E-state index in [1.54, 1.807) is 6.20 Å². The molecule has 3 aromatic rings. The smallest absolute Gasteiger partial charge is 0.127 e. The van der Waals surface area contributed by atoms with Gasteiger partial charge in [0.25, 0.3) is 0 Å². The maximum Gasteiger partial charge on any atom is 0.127 e. The van der Waals surface area contributed by atoms with E-state index in [0.29, 0.717) is 0 Å². The molecule has 182 valence electrons. The van der Waals surface area contributed by atoms with Crippen molar-refractivity contribution in [3.05, 3.63) is 60.6 Å². The van der Waals surface area contributed by atoms with Gasteiger partial charge in [0.2, 0.25) is 0 Å². The van der Waals surface area contributed by atoms with Gasteiger partial charge in [-0.2, -0.15) is 0 Å². The lowest BCUT2D eigenvalue weighted by atomic mass is 10.0. The number of aromatic nitrogens is 3. The molecule has 6 heteroatoms. The topological polar surface area (TPSA) is 57.2 Å². The summed E-state index contributed by atoms with van der Waals surface area (Å²) in [5.41, 5.74) is 4.89. The Morgan fingerprint density at radius 2 is 1.77 bits per heavy atom. The van der Waals surface area contributed by atoms with Gasteiger partial charge in [-0.3, -0.25) is 19.8 Å². The molecule has 0 radical (unpaired) electrons. The molecule has 4 rings (SSSR count). The fourth-order valence-electron chi connectivity index (χ4n) is 4.21. The molecule has 0 spiro atoms. The Morgan fingerprint density at radius 3 is 2.46 bits per heavy atom. The Labute approximate surface area is 209 Å². The molecule has 1 aliphatic heterocycles. The van der Waals surface area contributed by atoms with Gasteiger partial charge in [0.1, 0.15) is 5.82 Å². The Kier molecular flexibility index (Phi) is 7.80. The van der Waals surface area contributed by atoms with Crippen LogP contribution < -0.4 is 5.32 Å². The standard InChI is InChI=1S/C29H36N6/c1-22(2)32-28-19-24(18-27(33-28)26-10-6-7-11-31-26)25-17-23(20-30-21-25)9-8-12-34-13-15-35(16-14-34)29(3,4)5/h6-7,10-11,17-22H,12-16H2,1-5H3,(H,32,33). The van der Waals surface area contributed by atoms with Crippen LogP contribution in [0.3, 0.4) is 0 Å². The molecule has 4 heterocycles. The third kappa shape index (κ3) is 6.88. The molecule has 1 saturated heterocycles. The zero-order valence-corrected chi connectivity index (χ0v) is 21.5. The summed E-state index contributed by atoms with van der Waals surface area (Å²) in [4.78, 5) is 18.7. The molecular formula is C29H36N6. The quantitative estimate of drug-likeness (QED) is 0.543. The lowest BCUT2D eigenvalue weighted by Gasteiger charge is -2.41. The summed E-state index contributed by atoms with van der Waals surface area (Å²) in [5.74, 6) is 7.51. The minimum Gasteiger partial charge on any atom is -0.368 e.